The highest BCUT2D eigenvalue weighted by molar-refractivity contribution is 6.52. The lowest BCUT2D eigenvalue weighted by Crippen LogP contribution is -3.09. The van der Waals surface area contributed by atoms with Gasteiger partial charge < -0.3 is 4.90 Å². The highest BCUT2D eigenvalue weighted by Gasteiger charge is 2.37. The average molecular weight is 351 g/mol. The Hall–Kier alpha value is -2.46. The third-order valence-corrected chi connectivity index (χ3v) is 4.88. The number of rotatable bonds is 4. The zero-order valence-electron chi connectivity index (χ0n) is 16.2. The number of nitrogens with zero attached hydrogens (tertiary/aromatic N) is 1. The Balaban J connectivity index is 1.72. The molecule has 1 heterocycles. The summed E-state index contributed by atoms with van der Waals surface area (Å²) in [5.74, 6) is -0.820. The van der Waals surface area contributed by atoms with E-state index >= 15 is 0 Å². The summed E-state index contributed by atoms with van der Waals surface area (Å²) < 4.78 is 0. The van der Waals surface area contributed by atoms with Crippen molar-refractivity contribution in [1.29, 1.82) is 0 Å². The van der Waals surface area contributed by atoms with Gasteiger partial charge in [-0.05, 0) is 30.0 Å². The molecule has 0 aliphatic carbocycles. The number of carbonyl (C=O) groups is 2. The monoisotopic (exact) mass is 351 g/mol. The van der Waals surface area contributed by atoms with Gasteiger partial charge in [-0.1, -0.05) is 56.7 Å². The molecule has 1 atom stereocenters. The van der Waals surface area contributed by atoms with Gasteiger partial charge in [-0.2, -0.15) is 0 Å². The van der Waals surface area contributed by atoms with Crippen molar-refractivity contribution in [2.24, 2.45) is 0 Å². The minimum absolute atomic E-state index is 0.140. The second-order valence-corrected chi connectivity index (χ2v) is 8.32. The van der Waals surface area contributed by atoms with Crippen LogP contribution in [0.15, 0.2) is 42.5 Å². The number of aryl methyl sites for hydroxylation is 1. The Morgan fingerprint density at radius 2 is 1.65 bits per heavy atom. The first kappa shape index (κ1) is 18.3. The molecule has 1 aliphatic heterocycles. The summed E-state index contributed by atoms with van der Waals surface area (Å²) in [6.45, 7) is 9.81. The van der Waals surface area contributed by atoms with Crippen LogP contribution in [-0.2, 0) is 16.8 Å². The number of quaternary nitrogens is 1. The standard InChI is InChI=1S/C22H26N2O2/c1-15-6-11-19-18(12-15)20(25)21(26)24(19)14-23(5)13-16-7-9-17(10-8-16)22(2,3)4/h6-12H,13-14H2,1-5H3/p+1. The average Bonchev–Trinajstić information content (AvgIpc) is 2.79. The Labute approximate surface area is 155 Å². The van der Waals surface area contributed by atoms with Crippen molar-refractivity contribution in [3.63, 3.8) is 0 Å². The van der Waals surface area contributed by atoms with Crippen LogP contribution >= 0.6 is 0 Å². The van der Waals surface area contributed by atoms with Crippen LogP contribution in [0.25, 0.3) is 0 Å². The largest absolute Gasteiger partial charge is 0.316 e. The lowest BCUT2D eigenvalue weighted by Gasteiger charge is -2.23. The molecule has 1 aliphatic rings. The van der Waals surface area contributed by atoms with Crippen LogP contribution in [0.5, 0.6) is 0 Å². The molecule has 0 fully saturated rings. The van der Waals surface area contributed by atoms with E-state index in [0.29, 0.717) is 12.2 Å². The number of fused-ring (bicyclic) bond motifs is 1. The predicted molar refractivity (Wildman–Crippen MR) is 104 cm³/mol. The van der Waals surface area contributed by atoms with Gasteiger partial charge in [0.25, 0.3) is 5.78 Å². The number of anilines is 1. The van der Waals surface area contributed by atoms with E-state index in [2.05, 4.69) is 45.0 Å². The molecule has 2 aromatic rings. The highest BCUT2D eigenvalue weighted by Crippen LogP contribution is 2.28. The molecule has 3 rings (SSSR count). The SMILES string of the molecule is Cc1ccc2c(c1)C(=O)C(=O)N2C[NH+](C)Cc1ccc(C(C)(C)C)cc1. The molecule has 26 heavy (non-hydrogen) atoms. The van der Waals surface area contributed by atoms with Crippen molar-refractivity contribution in [2.75, 3.05) is 18.6 Å². The van der Waals surface area contributed by atoms with Gasteiger partial charge in [0.2, 0.25) is 0 Å². The van der Waals surface area contributed by atoms with Crippen LogP contribution in [0.3, 0.4) is 0 Å². The third-order valence-electron chi connectivity index (χ3n) is 4.88. The van der Waals surface area contributed by atoms with Crippen molar-refractivity contribution >= 4 is 17.4 Å². The number of amides is 1. The van der Waals surface area contributed by atoms with E-state index in [4.69, 9.17) is 0 Å². The van der Waals surface area contributed by atoms with Gasteiger partial charge in [0.15, 0.2) is 6.67 Å². The van der Waals surface area contributed by atoms with Gasteiger partial charge in [0, 0.05) is 5.56 Å². The number of nitrogens with one attached hydrogen (secondary N) is 1. The number of carbonyl (C=O) groups excluding carboxylic acids is 2. The molecule has 4 nitrogen and oxygen atoms in total. The van der Waals surface area contributed by atoms with Crippen LogP contribution in [0.4, 0.5) is 5.69 Å². The molecule has 0 spiro atoms. The minimum atomic E-state index is -0.423. The number of ketones is 1. The van der Waals surface area contributed by atoms with Gasteiger partial charge in [-0.25, -0.2) is 0 Å². The topological polar surface area (TPSA) is 41.8 Å². The van der Waals surface area contributed by atoms with E-state index in [1.165, 1.54) is 11.1 Å². The first-order chi connectivity index (χ1) is 12.2. The van der Waals surface area contributed by atoms with E-state index in [0.717, 1.165) is 22.7 Å². The summed E-state index contributed by atoms with van der Waals surface area (Å²) in [5, 5.41) is 0. The molecule has 1 N–H and O–H groups in total. The molecule has 0 saturated heterocycles. The van der Waals surface area contributed by atoms with E-state index in [1.807, 2.05) is 26.1 Å². The van der Waals surface area contributed by atoms with Crippen molar-refractivity contribution in [3.05, 3.63) is 64.7 Å². The molecule has 0 aromatic heterocycles. The number of hydrogen-bond acceptors (Lipinski definition) is 2. The summed E-state index contributed by atoms with van der Waals surface area (Å²) in [4.78, 5) is 27.4. The molecule has 0 saturated carbocycles. The zero-order valence-corrected chi connectivity index (χ0v) is 16.2. The maximum Gasteiger partial charge on any atom is 0.303 e. The number of benzene rings is 2. The lowest BCUT2D eigenvalue weighted by atomic mass is 9.87. The first-order valence-corrected chi connectivity index (χ1v) is 9.04. The minimum Gasteiger partial charge on any atom is -0.316 e. The van der Waals surface area contributed by atoms with Crippen molar-refractivity contribution in [1.82, 2.24) is 0 Å². The fraction of sp³-hybridized carbons (Fsp3) is 0.364. The summed E-state index contributed by atoms with van der Waals surface area (Å²) in [5.41, 5.74) is 4.92. The van der Waals surface area contributed by atoms with Crippen LogP contribution in [-0.4, -0.2) is 25.4 Å². The first-order valence-electron chi connectivity index (χ1n) is 9.04. The Kier molecular flexibility index (Phi) is 4.72. The highest BCUT2D eigenvalue weighted by atomic mass is 16.2. The number of Topliss-reactive ketones (excluding diaryl/α,β-unsaturated/α-hetero) is 1. The maximum atomic E-state index is 12.4. The van der Waals surface area contributed by atoms with E-state index in [9.17, 15) is 9.59 Å². The molecule has 2 aromatic carbocycles. The second kappa shape index (κ2) is 6.69. The smallest absolute Gasteiger partial charge is 0.303 e. The lowest BCUT2D eigenvalue weighted by molar-refractivity contribution is -0.892. The Morgan fingerprint density at radius 1 is 1.00 bits per heavy atom. The fourth-order valence-electron chi connectivity index (χ4n) is 3.37. The zero-order chi connectivity index (χ0) is 19.1. The molecule has 4 heteroatoms. The maximum absolute atomic E-state index is 12.4. The van der Waals surface area contributed by atoms with Crippen LogP contribution in [0, 0.1) is 6.92 Å². The normalized spacial score (nSPS) is 15.3. The van der Waals surface area contributed by atoms with E-state index < -0.39 is 11.7 Å². The molecule has 136 valence electrons. The second-order valence-electron chi connectivity index (χ2n) is 8.32. The van der Waals surface area contributed by atoms with Gasteiger partial charge >= 0.3 is 5.91 Å². The quantitative estimate of drug-likeness (QED) is 0.860. The summed E-state index contributed by atoms with van der Waals surface area (Å²) in [6, 6.07) is 14.3. The molecule has 0 radical (unpaired) electrons. The molecular formula is C22H27N2O2+. The summed E-state index contributed by atoms with van der Waals surface area (Å²) in [6.07, 6.45) is 0. The van der Waals surface area contributed by atoms with Crippen LogP contribution < -0.4 is 9.80 Å². The predicted octanol–water partition coefficient (Wildman–Crippen LogP) is 2.49. The van der Waals surface area contributed by atoms with Gasteiger partial charge in [0.05, 0.1) is 18.3 Å². The van der Waals surface area contributed by atoms with Crippen LogP contribution in [0.1, 0.15) is 47.8 Å². The van der Waals surface area contributed by atoms with Gasteiger partial charge in [0.1, 0.15) is 6.54 Å². The molecule has 0 bridgehead atoms. The Morgan fingerprint density at radius 3 is 2.27 bits per heavy atom. The van der Waals surface area contributed by atoms with E-state index in [1.54, 1.807) is 11.0 Å². The summed E-state index contributed by atoms with van der Waals surface area (Å²) in [7, 11) is 2.04. The van der Waals surface area contributed by atoms with Gasteiger partial charge in [-0.3, -0.25) is 14.5 Å². The van der Waals surface area contributed by atoms with Crippen molar-refractivity contribution in [2.45, 2.75) is 39.7 Å². The molecular weight excluding hydrogens is 324 g/mol. The Bertz CT molecular complexity index is 847. The fourth-order valence-corrected chi connectivity index (χ4v) is 3.37. The molecule has 1 unspecified atom stereocenters. The van der Waals surface area contributed by atoms with Crippen molar-refractivity contribution < 1.29 is 14.5 Å². The third kappa shape index (κ3) is 3.56. The van der Waals surface area contributed by atoms with E-state index in [-0.39, 0.29) is 5.41 Å². The molecule has 1 amide bonds. The van der Waals surface area contributed by atoms with Crippen molar-refractivity contribution in [3.8, 4) is 0 Å². The van der Waals surface area contributed by atoms with Gasteiger partial charge in [-0.15, -0.1) is 0 Å². The summed E-state index contributed by atoms with van der Waals surface area (Å²) >= 11 is 0. The van der Waals surface area contributed by atoms with Crippen LogP contribution in [0.2, 0.25) is 0 Å². The number of hydrogen-bond donors (Lipinski definition) is 1.